The van der Waals surface area contributed by atoms with E-state index in [2.05, 4.69) is 5.32 Å². The highest BCUT2D eigenvalue weighted by Crippen LogP contribution is 2.26. The fraction of sp³-hybridized carbons (Fsp3) is 0.417. The third-order valence-electron chi connectivity index (χ3n) is 2.76. The van der Waals surface area contributed by atoms with E-state index in [4.69, 9.17) is 34.3 Å². The summed E-state index contributed by atoms with van der Waals surface area (Å²) in [5.41, 5.74) is 0.217. The van der Waals surface area contributed by atoms with E-state index < -0.39 is 11.8 Å². The standard InChI is InChI=1S/C12H15NO3S2.H3N/c14-6-12(13-11(17)18)7-15-10(16-8-12)9-4-2-1-3-5-9;/h1-5,10,14H,6-8H2,(H2,13,17,18);1H3. The van der Waals surface area contributed by atoms with Crippen LogP contribution in [0.1, 0.15) is 11.9 Å². The van der Waals surface area contributed by atoms with Crippen molar-refractivity contribution >= 4 is 29.2 Å². The van der Waals surface area contributed by atoms with E-state index in [1.54, 1.807) is 0 Å². The second-order valence-corrected chi connectivity index (χ2v) is 5.29. The molecule has 0 aromatic heterocycles. The van der Waals surface area contributed by atoms with Gasteiger partial charge in [0.15, 0.2) is 6.29 Å². The van der Waals surface area contributed by atoms with Crippen molar-refractivity contribution in [1.29, 1.82) is 0 Å². The summed E-state index contributed by atoms with van der Waals surface area (Å²) in [7, 11) is 0. The Labute approximate surface area is 123 Å². The van der Waals surface area contributed by atoms with Gasteiger partial charge in [-0.1, -0.05) is 34.7 Å². The molecule has 0 spiro atoms. The van der Waals surface area contributed by atoms with Crippen molar-refractivity contribution in [2.75, 3.05) is 19.8 Å². The first-order chi connectivity index (χ1) is 8.65. The zero-order valence-electron chi connectivity index (χ0n) is 10.7. The minimum atomic E-state index is -0.732. The first kappa shape index (κ1) is 16.2. The molecule has 0 saturated carbocycles. The van der Waals surface area contributed by atoms with Crippen molar-refractivity contribution in [1.82, 2.24) is 11.5 Å². The molecule has 19 heavy (non-hydrogen) atoms. The predicted octanol–water partition coefficient (Wildman–Crippen LogP) is 1.26. The van der Waals surface area contributed by atoms with Crippen molar-refractivity contribution in [2.24, 2.45) is 0 Å². The van der Waals surface area contributed by atoms with Crippen molar-refractivity contribution in [3.05, 3.63) is 35.9 Å². The van der Waals surface area contributed by atoms with E-state index in [0.717, 1.165) is 5.56 Å². The Bertz CT molecular complexity index is 409. The van der Waals surface area contributed by atoms with Crippen LogP contribution < -0.4 is 11.5 Å². The van der Waals surface area contributed by atoms with Gasteiger partial charge in [-0.15, -0.1) is 0 Å². The maximum Gasteiger partial charge on any atom is 0.184 e. The van der Waals surface area contributed by atoms with E-state index in [9.17, 15) is 5.11 Å². The van der Waals surface area contributed by atoms with Gasteiger partial charge in [-0.3, -0.25) is 0 Å². The number of hydrogen-bond donors (Lipinski definition) is 3. The monoisotopic (exact) mass is 302 g/mol. The Hall–Kier alpha value is -0.830. The van der Waals surface area contributed by atoms with Crippen LogP contribution in [0.4, 0.5) is 0 Å². The van der Waals surface area contributed by atoms with Gasteiger partial charge in [-0.2, -0.15) is 0 Å². The Kier molecular flexibility index (Phi) is 6.05. The molecular weight excluding hydrogens is 284 g/mol. The Morgan fingerprint density at radius 1 is 1.37 bits per heavy atom. The summed E-state index contributed by atoms with van der Waals surface area (Å²) in [4.78, 5) is 0. The zero-order chi connectivity index (χ0) is 13.0. The van der Waals surface area contributed by atoms with Crippen molar-refractivity contribution in [3.8, 4) is 0 Å². The van der Waals surface area contributed by atoms with Gasteiger partial charge in [0.05, 0.1) is 19.8 Å². The predicted molar refractivity (Wildman–Crippen MR) is 80.0 cm³/mol. The number of ether oxygens (including phenoxy) is 2. The van der Waals surface area contributed by atoms with Crippen molar-refractivity contribution in [3.63, 3.8) is 0 Å². The van der Waals surface area contributed by atoms with Gasteiger partial charge < -0.3 is 50.9 Å². The smallest absolute Gasteiger partial charge is 0.184 e. The Morgan fingerprint density at radius 2 is 1.95 bits per heavy atom. The average Bonchev–Trinajstić information content (AvgIpc) is 2.40. The molecule has 0 amide bonds. The number of hydrogen-bond acceptors (Lipinski definition) is 5. The number of aliphatic hydroxyl groups excluding tert-OH is 1. The number of thiocarbonyl (C=S) groups is 1. The topological polar surface area (TPSA) is 87.2 Å². The minimum absolute atomic E-state index is 0. The maximum absolute atomic E-state index is 9.42. The molecular formula is C12H18N2O3S2. The number of aliphatic hydroxyl groups is 1. The molecule has 1 aliphatic rings. The largest absolute Gasteiger partial charge is 0.412 e. The van der Waals surface area contributed by atoms with Crippen LogP contribution >= 0.6 is 12.2 Å². The Balaban J connectivity index is 0.00000180. The molecule has 1 fully saturated rings. The van der Waals surface area contributed by atoms with Gasteiger partial charge in [-0.25, -0.2) is 0 Å². The van der Waals surface area contributed by atoms with E-state index in [1.807, 2.05) is 30.3 Å². The fourth-order valence-electron chi connectivity index (χ4n) is 1.78. The molecule has 0 atom stereocenters. The summed E-state index contributed by atoms with van der Waals surface area (Å²) in [6.45, 7) is 0.435. The molecule has 0 aliphatic carbocycles. The first-order valence-electron chi connectivity index (χ1n) is 5.53. The summed E-state index contributed by atoms with van der Waals surface area (Å²) in [6.07, 6.45) is -0.411. The van der Waals surface area contributed by atoms with Crippen LogP contribution in [0, 0.1) is 0 Å². The number of rotatable bonds is 3. The lowest BCUT2D eigenvalue weighted by Gasteiger charge is -2.41. The molecule has 0 radical (unpaired) electrons. The van der Waals surface area contributed by atoms with Crippen LogP contribution in [0.15, 0.2) is 30.3 Å². The average molecular weight is 302 g/mol. The van der Waals surface area contributed by atoms with Crippen LogP contribution in [-0.2, 0) is 22.1 Å². The van der Waals surface area contributed by atoms with Gasteiger partial charge in [0.2, 0.25) is 0 Å². The normalized spacial score (nSPS) is 26.3. The molecule has 1 aromatic rings. The molecule has 0 bridgehead atoms. The van der Waals surface area contributed by atoms with Gasteiger partial charge in [-0.05, 0) is 0 Å². The van der Waals surface area contributed by atoms with Crippen molar-refractivity contribution in [2.45, 2.75) is 11.8 Å². The lowest BCUT2D eigenvalue weighted by atomic mass is 10.0. The van der Waals surface area contributed by atoms with Gasteiger partial charge in [0.25, 0.3) is 0 Å². The number of quaternary nitrogens is 1. The van der Waals surface area contributed by atoms with E-state index >= 15 is 0 Å². The third kappa shape index (κ3) is 4.07. The molecule has 1 aliphatic heterocycles. The molecule has 5 nitrogen and oxygen atoms in total. The van der Waals surface area contributed by atoms with Crippen LogP contribution in [-0.4, -0.2) is 34.8 Å². The highest BCUT2D eigenvalue weighted by Gasteiger charge is 2.36. The fourth-order valence-corrected chi connectivity index (χ4v) is 2.22. The van der Waals surface area contributed by atoms with E-state index in [-0.39, 0.29) is 17.1 Å². The Morgan fingerprint density at radius 3 is 2.42 bits per heavy atom. The molecule has 6 N–H and O–H groups in total. The molecule has 0 unspecified atom stereocenters. The van der Waals surface area contributed by atoms with Crippen molar-refractivity contribution < 1.29 is 14.6 Å². The van der Waals surface area contributed by atoms with Crippen LogP contribution in [0.3, 0.4) is 0 Å². The summed E-state index contributed by atoms with van der Waals surface area (Å²) in [5.74, 6) is 0. The molecule has 1 aromatic carbocycles. The lowest BCUT2D eigenvalue weighted by molar-refractivity contribution is -0.220. The van der Waals surface area contributed by atoms with Gasteiger partial charge >= 0.3 is 0 Å². The number of benzene rings is 1. The highest BCUT2D eigenvalue weighted by atomic mass is 32.1. The van der Waals surface area contributed by atoms with Crippen LogP contribution in [0.2, 0.25) is 0 Å². The second kappa shape index (κ2) is 7.09. The molecule has 1 heterocycles. The quantitative estimate of drug-likeness (QED) is 0.575. The summed E-state index contributed by atoms with van der Waals surface area (Å²) in [5, 5.41) is 12.3. The zero-order valence-corrected chi connectivity index (χ0v) is 12.3. The minimum Gasteiger partial charge on any atom is -0.412 e. The van der Waals surface area contributed by atoms with Crippen LogP contribution in [0.25, 0.3) is 0 Å². The lowest BCUT2D eigenvalue weighted by Crippen LogP contribution is -2.59. The molecule has 7 heteroatoms. The number of nitrogens with one attached hydrogen (secondary N) is 1. The first-order valence-corrected chi connectivity index (χ1v) is 6.35. The summed E-state index contributed by atoms with van der Waals surface area (Å²) in [6, 6.07) is 9.64. The second-order valence-electron chi connectivity index (χ2n) is 4.22. The highest BCUT2D eigenvalue weighted by molar-refractivity contribution is 8.00. The molecule has 106 valence electrons. The maximum atomic E-state index is 9.42. The van der Waals surface area contributed by atoms with Gasteiger partial charge in [0, 0.05) is 5.56 Å². The molecule has 2 rings (SSSR count). The van der Waals surface area contributed by atoms with E-state index in [1.165, 1.54) is 0 Å². The SMILES string of the molecule is OCC1(NC(=S)[S-])COC(c2ccccc2)OC1.[NH4+]. The molecule has 1 saturated heterocycles. The van der Waals surface area contributed by atoms with E-state index in [0.29, 0.717) is 13.2 Å². The summed E-state index contributed by atoms with van der Waals surface area (Å²) < 4.78 is 11.4. The third-order valence-corrected chi connectivity index (χ3v) is 2.97. The van der Waals surface area contributed by atoms with Gasteiger partial charge in [0.1, 0.15) is 5.54 Å². The van der Waals surface area contributed by atoms with Crippen LogP contribution in [0.5, 0.6) is 0 Å². The summed E-state index contributed by atoms with van der Waals surface area (Å²) >= 11 is 9.64.